The number of methoxy groups -OCH3 is 1. The fourth-order valence-electron chi connectivity index (χ4n) is 2.29. The van der Waals surface area contributed by atoms with Crippen molar-refractivity contribution in [2.75, 3.05) is 12.9 Å². The molecule has 5 nitrogen and oxygen atoms in total. The molecule has 2 aromatic rings. The molecule has 0 unspecified atom stereocenters. The Kier molecular flexibility index (Phi) is 4.81. The van der Waals surface area contributed by atoms with Gasteiger partial charge in [-0.15, -0.1) is 10.2 Å². The summed E-state index contributed by atoms with van der Waals surface area (Å²) in [4.78, 5) is 11.4. The van der Waals surface area contributed by atoms with Crippen LogP contribution in [0.25, 0.3) is 5.69 Å². The van der Waals surface area contributed by atoms with Crippen LogP contribution in [-0.4, -0.2) is 33.6 Å². The molecule has 1 aromatic heterocycles. The third kappa shape index (κ3) is 3.64. The Bertz CT molecular complexity index is 721. The lowest BCUT2D eigenvalue weighted by Crippen LogP contribution is -2.03. The summed E-state index contributed by atoms with van der Waals surface area (Å²) in [7, 11) is 1.39. The molecule has 1 heterocycles. The summed E-state index contributed by atoms with van der Waals surface area (Å²) >= 11 is 1.57. The van der Waals surface area contributed by atoms with Crippen molar-refractivity contribution in [2.45, 2.75) is 30.8 Å². The van der Waals surface area contributed by atoms with Gasteiger partial charge in [0, 0.05) is 22.9 Å². The van der Waals surface area contributed by atoms with E-state index in [2.05, 4.69) is 26.9 Å². The number of carbonyl (C=O) groups excluding carboxylic acids is 1. The lowest BCUT2D eigenvalue weighted by molar-refractivity contribution is -0.136. The summed E-state index contributed by atoms with van der Waals surface area (Å²) in [5.41, 5.74) is 1.68. The molecule has 1 aliphatic rings. The van der Waals surface area contributed by atoms with Crippen molar-refractivity contribution >= 4 is 17.7 Å². The lowest BCUT2D eigenvalue weighted by Gasteiger charge is -2.09. The molecule has 6 heteroatoms. The van der Waals surface area contributed by atoms with Crippen LogP contribution in [0.1, 0.15) is 31.5 Å². The maximum atomic E-state index is 11.4. The fourth-order valence-corrected chi connectivity index (χ4v) is 3.19. The van der Waals surface area contributed by atoms with Crippen LogP contribution in [0.4, 0.5) is 0 Å². The number of para-hydroxylation sites is 1. The van der Waals surface area contributed by atoms with Gasteiger partial charge in [-0.25, -0.2) is 4.79 Å². The molecular formula is C17H19N3O2S. The van der Waals surface area contributed by atoms with Crippen molar-refractivity contribution in [2.24, 2.45) is 0 Å². The minimum Gasteiger partial charge on any atom is -0.466 e. The summed E-state index contributed by atoms with van der Waals surface area (Å²) in [6.45, 7) is 1.75. The van der Waals surface area contributed by atoms with Crippen molar-refractivity contribution in [1.82, 2.24) is 14.8 Å². The first-order chi connectivity index (χ1) is 11.2. The van der Waals surface area contributed by atoms with Gasteiger partial charge in [0.25, 0.3) is 0 Å². The van der Waals surface area contributed by atoms with E-state index >= 15 is 0 Å². The normalized spacial score (nSPS) is 14.8. The van der Waals surface area contributed by atoms with Crippen LogP contribution in [0.5, 0.6) is 0 Å². The SMILES string of the molecule is COC(=O)/C(C)=C/CSc1nnc(C2CC2)n1-c1ccccc1. The van der Waals surface area contributed by atoms with Crippen LogP contribution in [0.3, 0.4) is 0 Å². The van der Waals surface area contributed by atoms with E-state index in [0.29, 0.717) is 17.2 Å². The first kappa shape index (κ1) is 15.8. The van der Waals surface area contributed by atoms with Gasteiger partial charge in [-0.05, 0) is 31.9 Å². The third-order valence-corrected chi connectivity index (χ3v) is 4.58. The van der Waals surface area contributed by atoms with E-state index < -0.39 is 0 Å². The average Bonchev–Trinajstić information content (AvgIpc) is 3.35. The number of hydrogen-bond donors (Lipinski definition) is 0. The predicted molar refractivity (Wildman–Crippen MR) is 89.8 cm³/mol. The molecule has 1 fully saturated rings. The van der Waals surface area contributed by atoms with E-state index in [1.165, 1.54) is 20.0 Å². The monoisotopic (exact) mass is 329 g/mol. The maximum absolute atomic E-state index is 11.4. The standard InChI is InChI=1S/C17H19N3O2S/c1-12(16(21)22-2)10-11-23-17-19-18-15(13-8-9-13)20(17)14-6-4-3-5-7-14/h3-7,10,13H,8-9,11H2,1-2H3/b12-10+. The van der Waals surface area contributed by atoms with E-state index in [9.17, 15) is 4.79 Å². The Labute approximate surface area is 139 Å². The van der Waals surface area contributed by atoms with Gasteiger partial charge in [0.2, 0.25) is 0 Å². The maximum Gasteiger partial charge on any atom is 0.333 e. The van der Waals surface area contributed by atoms with Crippen molar-refractivity contribution in [3.63, 3.8) is 0 Å². The molecule has 0 N–H and O–H groups in total. The van der Waals surface area contributed by atoms with Crippen molar-refractivity contribution in [3.05, 3.63) is 47.8 Å². The largest absolute Gasteiger partial charge is 0.466 e. The molecule has 120 valence electrons. The summed E-state index contributed by atoms with van der Waals surface area (Å²) in [5, 5.41) is 9.58. The first-order valence-corrected chi connectivity index (χ1v) is 8.58. The van der Waals surface area contributed by atoms with E-state index in [-0.39, 0.29) is 5.97 Å². The van der Waals surface area contributed by atoms with Crippen LogP contribution in [-0.2, 0) is 9.53 Å². The summed E-state index contributed by atoms with van der Waals surface area (Å²) in [5.74, 6) is 1.90. The zero-order valence-corrected chi connectivity index (χ0v) is 14.0. The third-order valence-electron chi connectivity index (χ3n) is 3.72. The molecule has 0 amide bonds. The lowest BCUT2D eigenvalue weighted by atomic mass is 10.3. The second-order valence-electron chi connectivity index (χ2n) is 5.48. The predicted octanol–water partition coefficient (Wildman–Crippen LogP) is 3.36. The number of aromatic nitrogens is 3. The van der Waals surface area contributed by atoms with Crippen molar-refractivity contribution in [1.29, 1.82) is 0 Å². The second kappa shape index (κ2) is 7.00. The van der Waals surface area contributed by atoms with Gasteiger partial charge in [0.15, 0.2) is 5.16 Å². The quantitative estimate of drug-likeness (QED) is 0.462. The van der Waals surface area contributed by atoms with Crippen LogP contribution in [0.15, 0.2) is 47.1 Å². The van der Waals surface area contributed by atoms with E-state index in [1.807, 2.05) is 24.3 Å². The van der Waals surface area contributed by atoms with E-state index in [0.717, 1.165) is 16.7 Å². The molecule has 1 aromatic carbocycles. The van der Waals surface area contributed by atoms with Crippen LogP contribution in [0.2, 0.25) is 0 Å². The molecule has 1 saturated carbocycles. The molecule has 0 radical (unpaired) electrons. The Morgan fingerprint density at radius 3 is 2.74 bits per heavy atom. The summed E-state index contributed by atoms with van der Waals surface area (Å²) in [6.07, 6.45) is 4.21. The van der Waals surface area contributed by atoms with Crippen molar-refractivity contribution in [3.8, 4) is 5.69 Å². The van der Waals surface area contributed by atoms with Crippen LogP contribution >= 0.6 is 11.8 Å². The molecule has 1 aliphatic carbocycles. The van der Waals surface area contributed by atoms with Gasteiger partial charge >= 0.3 is 5.97 Å². The Balaban J connectivity index is 1.81. The number of carbonyl (C=O) groups is 1. The number of esters is 1. The topological polar surface area (TPSA) is 57.0 Å². The highest BCUT2D eigenvalue weighted by atomic mass is 32.2. The zero-order chi connectivity index (χ0) is 16.2. The molecule has 0 aliphatic heterocycles. The smallest absolute Gasteiger partial charge is 0.333 e. The van der Waals surface area contributed by atoms with Gasteiger partial charge in [0.1, 0.15) is 5.82 Å². The summed E-state index contributed by atoms with van der Waals surface area (Å²) in [6, 6.07) is 10.2. The first-order valence-electron chi connectivity index (χ1n) is 7.59. The Morgan fingerprint density at radius 2 is 2.09 bits per heavy atom. The highest BCUT2D eigenvalue weighted by Crippen LogP contribution is 2.41. The number of rotatable bonds is 6. The highest BCUT2D eigenvalue weighted by Gasteiger charge is 2.30. The van der Waals surface area contributed by atoms with Gasteiger partial charge in [-0.2, -0.15) is 0 Å². The number of hydrogen-bond acceptors (Lipinski definition) is 5. The Morgan fingerprint density at radius 1 is 1.35 bits per heavy atom. The summed E-state index contributed by atoms with van der Waals surface area (Å²) < 4.78 is 6.83. The zero-order valence-electron chi connectivity index (χ0n) is 13.2. The van der Waals surface area contributed by atoms with Gasteiger partial charge in [-0.1, -0.05) is 36.0 Å². The average molecular weight is 329 g/mol. The molecule has 23 heavy (non-hydrogen) atoms. The molecular weight excluding hydrogens is 310 g/mol. The minimum absolute atomic E-state index is 0.297. The molecule has 0 bridgehead atoms. The van der Waals surface area contributed by atoms with Crippen LogP contribution < -0.4 is 0 Å². The molecule has 0 atom stereocenters. The fraction of sp³-hybridized carbons (Fsp3) is 0.353. The van der Waals surface area contributed by atoms with Gasteiger partial charge in [-0.3, -0.25) is 4.57 Å². The highest BCUT2D eigenvalue weighted by molar-refractivity contribution is 7.99. The van der Waals surface area contributed by atoms with Crippen LogP contribution in [0, 0.1) is 0 Å². The van der Waals surface area contributed by atoms with Crippen molar-refractivity contribution < 1.29 is 9.53 Å². The molecule has 0 spiro atoms. The van der Waals surface area contributed by atoms with E-state index in [4.69, 9.17) is 4.74 Å². The number of benzene rings is 1. The minimum atomic E-state index is -0.297. The molecule has 3 rings (SSSR count). The number of thioether (sulfide) groups is 1. The van der Waals surface area contributed by atoms with E-state index in [1.54, 1.807) is 18.7 Å². The Hall–Kier alpha value is -2.08. The number of ether oxygens (including phenoxy) is 1. The van der Waals surface area contributed by atoms with Gasteiger partial charge < -0.3 is 4.74 Å². The molecule has 0 saturated heterocycles. The number of nitrogens with zero attached hydrogens (tertiary/aromatic N) is 3. The second-order valence-corrected chi connectivity index (χ2v) is 6.46. The van der Waals surface area contributed by atoms with Gasteiger partial charge in [0.05, 0.1) is 7.11 Å².